The fourth-order valence-electron chi connectivity index (χ4n) is 1.71. The average molecular weight is 308 g/mol. The minimum Gasteiger partial charge on any atom is -0.469 e. The van der Waals surface area contributed by atoms with Crippen LogP contribution >= 0.6 is 15.9 Å². The smallest absolute Gasteiger partial charge is 0.258 e. The molecule has 0 aliphatic heterocycles. The number of carbonyl (C=O) groups is 1. The van der Waals surface area contributed by atoms with Crippen LogP contribution in [0.2, 0.25) is 0 Å². The van der Waals surface area contributed by atoms with Gasteiger partial charge in [0.1, 0.15) is 12.0 Å². The molecule has 1 N–H and O–H groups in total. The molecule has 94 valence electrons. The maximum absolute atomic E-state index is 12.0. The summed E-state index contributed by atoms with van der Waals surface area (Å²) in [5, 5.41) is 2.89. The lowest BCUT2D eigenvalue weighted by molar-refractivity contribution is 0.102. The molecule has 1 aromatic heterocycles. The van der Waals surface area contributed by atoms with Crippen LogP contribution in [0.1, 0.15) is 33.4 Å². The monoisotopic (exact) mass is 307 g/mol. The molecule has 0 fully saturated rings. The van der Waals surface area contributed by atoms with Crippen LogP contribution in [0.15, 0.2) is 41.0 Å². The molecule has 0 aliphatic rings. The number of nitrogens with one attached hydrogen (secondary N) is 1. The predicted molar refractivity (Wildman–Crippen MR) is 75.2 cm³/mol. The van der Waals surface area contributed by atoms with Crippen LogP contribution in [0.25, 0.3) is 0 Å². The summed E-state index contributed by atoms with van der Waals surface area (Å²) in [4.78, 5) is 12.2. The van der Waals surface area contributed by atoms with Crippen molar-refractivity contribution in [1.29, 1.82) is 0 Å². The van der Waals surface area contributed by atoms with Gasteiger partial charge in [0.05, 0.1) is 5.56 Å². The first-order valence-electron chi connectivity index (χ1n) is 5.67. The number of anilines is 1. The Morgan fingerprint density at radius 1 is 1.39 bits per heavy atom. The van der Waals surface area contributed by atoms with Crippen LogP contribution in [-0.2, 0) is 0 Å². The molecular formula is C14H14BrNO2. The first kappa shape index (κ1) is 12.9. The molecule has 0 spiro atoms. The van der Waals surface area contributed by atoms with Gasteiger partial charge in [-0.15, -0.1) is 0 Å². The number of hydrogen-bond donors (Lipinski definition) is 1. The maximum atomic E-state index is 12.0. The van der Waals surface area contributed by atoms with E-state index < -0.39 is 0 Å². The van der Waals surface area contributed by atoms with Crippen molar-refractivity contribution in [3.05, 3.63) is 53.5 Å². The molecule has 1 amide bonds. The Labute approximate surface area is 114 Å². The number of amides is 1. The molecule has 2 aromatic rings. The number of carbonyl (C=O) groups excluding carboxylic acids is 1. The summed E-state index contributed by atoms with van der Waals surface area (Å²) in [6.45, 7) is 3.83. The van der Waals surface area contributed by atoms with Gasteiger partial charge in [-0.3, -0.25) is 4.79 Å². The van der Waals surface area contributed by atoms with Crippen LogP contribution in [0, 0.1) is 6.92 Å². The standard InChI is InChI=1S/C14H14BrNO2/c1-9-7-11(8-18-9)14(17)16-13-6-4-3-5-12(13)10(2)15/h3-8,10H,1-2H3,(H,16,17). The fraction of sp³-hybridized carbons (Fsp3) is 0.214. The highest BCUT2D eigenvalue weighted by atomic mass is 79.9. The zero-order valence-electron chi connectivity index (χ0n) is 10.2. The highest BCUT2D eigenvalue weighted by Crippen LogP contribution is 2.28. The molecule has 4 heteroatoms. The maximum Gasteiger partial charge on any atom is 0.258 e. The second kappa shape index (κ2) is 5.40. The Morgan fingerprint density at radius 3 is 2.72 bits per heavy atom. The number of para-hydroxylation sites is 1. The van der Waals surface area contributed by atoms with Crippen molar-refractivity contribution in [3.63, 3.8) is 0 Å². The lowest BCUT2D eigenvalue weighted by Gasteiger charge is -2.11. The molecule has 2 rings (SSSR count). The number of alkyl halides is 1. The number of halogens is 1. The van der Waals surface area contributed by atoms with Gasteiger partial charge in [0, 0.05) is 10.5 Å². The lowest BCUT2D eigenvalue weighted by Crippen LogP contribution is -2.12. The summed E-state index contributed by atoms with van der Waals surface area (Å²) in [6.07, 6.45) is 1.46. The third-order valence-electron chi connectivity index (χ3n) is 2.63. The Balaban J connectivity index is 2.22. The van der Waals surface area contributed by atoms with Crippen molar-refractivity contribution in [3.8, 4) is 0 Å². The normalized spacial score (nSPS) is 12.2. The molecule has 0 bridgehead atoms. The highest BCUT2D eigenvalue weighted by molar-refractivity contribution is 9.09. The van der Waals surface area contributed by atoms with E-state index in [4.69, 9.17) is 4.42 Å². The first-order chi connectivity index (χ1) is 8.58. The van der Waals surface area contributed by atoms with E-state index in [0.29, 0.717) is 5.56 Å². The van der Waals surface area contributed by atoms with Gasteiger partial charge < -0.3 is 9.73 Å². The second-order valence-electron chi connectivity index (χ2n) is 4.10. The quantitative estimate of drug-likeness (QED) is 0.859. The Kier molecular flexibility index (Phi) is 3.87. The molecule has 3 nitrogen and oxygen atoms in total. The molecule has 0 saturated carbocycles. The van der Waals surface area contributed by atoms with Gasteiger partial charge in [-0.25, -0.2) is 0 Å². The molecule has 0 saturated heterocycles. The van der Waals surface area contributed by atoms with Crippen LogP contribution in [0.3, 0.4) is 0 Å². The number of rotatable bonds is 3. The molecule has 0 radical (unpaired) electrons. The van der Waals surface area contributed by atoms with E-state index in [0.717, 1.165) is 17.0 Å². The molecule has 1 heterocycles. The summed E-state index contributed by atoms with van der Waals surface area (Å²) >= 11 is 3.51. The number of furan rings is 1. The topological polar surface area (TPSA) is 42.2 Å². The van der Waals surface area contributed by atoms with Crippen molar-refractivity contribution in [2.75, 3.05) is 5.32 Å². The van der Waals surface area contributed by atoms with E-state index in [1.807, 2.05) is 38.1 Å². The van der Waals surface area contributed by atoms with Crippen molar-refractivity contribution in [2.24, 2.45) is 0 Å². The Bertz CT molecular complexity index is 560. The lowest BCUT2D eigenvalue weighted by atomic mass is 10.1. The van der Waals surface area contributed by atoms with E-state index in [1.54, 1.807) is 6.07 Å². The van der Waals surface area contributed by atoms with Crippen molar-refractivity contribution in [1.82, 2.24) is 0 Å². The van der Waals surface area contributed by atoms with Gasteiger partial charge >= 0.3 is 0 Å². The summed E-state index contributed by atoms with van der Waals surface area (Å²) in [5.41, 5.74) is 2.39. The summed E-state index contributed by atoms with van der Waals surface area (Å²) < 4.78 is 5.13. The Hall–Kier alpha value is -1.55. The average Bonchev–Trinajstić information content (AvgIpc) is 2.76. The van der Waals surface area contributed by atoms with Gasteiger partial charge in [0.2, 0.25) is 0 Å². The highest BCUT2D eigenvalue weighted by Gasteiger charge is 2.12. The van der Waals surface area contributed by atoms with Gasteiger partial charge in [-0.1, -0.05) is 34.1 Å². The van der Waals surface area contributed by atoms with Crippen LogP contribution in [-0.4, -0.2) is 5.91 Å². The largest absolute Gasteiger partial charge is 0.469 e. The molecule has 1 unspecified atom stereocenters. The van der Waals surface area contributed by atoms with E-state index in [1.165, 1.54) is 6.26 Å². The SMILES string of the molecule is Cc1cc(C(=O)Nc2ccccc2C(C)Br)co1. The molecular weight excluding hydrogens is 294 g/mol. The van der Waals surface area contributed by atoms with Crippen molar-refractivity contribution >= 4 is 27.5 Å². The van der Waals surface area contributed by atoms with E-state index in [9.17, 15) is 4.79 Å². The Morgan fingerprint density at radius 2 is 2.11 bits per heavy atom. The summed E-state index contributed by atoms with van der Waals surface area (Å²) in [5.74, 6) is 0.565. The zero-order chi connectivity index (χ0) is 13.1. The minimum atomic E-state index is -0.160. The van der Waals surface area contributed by atoms with Crippen LogP contribution in [0.4, 0.5) is 5.69 Å². The third-order valence-corrected chi connectivity index (χ3v) is 3.12. The molecule has 18 heavy (non-hydrogen) atoms. The number of aryl methyl sites for hydroxylation is 1. The van der Waals surface area contributed by atoms with Gasteiger partial charge in [-0.2, -0.15) is 0 Å². The predicted octanol–water partition coefficient (Wildman–Crippen LogP) is 4.30. The van der Waals surface area contributed by atoms with Crippen molar-refractivity contribution < 1.29 is 9.21 Å². The fourth-order valence-corrected chi connectivity index (χ4v) is 2.11. The van der Waals surface area contributed by atoms with Gasteiger partial charge in [0.15, 0.2) is 0 Å². The van der Waals surface area contributed by atoms with E-state index >= 15 is 0 Å². The number of benzene rings is 1. The van der Waals surface area contributed by atoms with Crippen LogP contribution in [0.5, 0.6) is 0 Å². The van der Waals surface area contributed by atoms with E-state index in [-0.39, 0.29) is 10.7 Å². The van der Waals surface area contributed by atoms with Gasteiger partial charge in [0.25, 0.3) is 5.91 Å². The van der Waals surface area contributed by atoms with Gasteiger partial charge in [-0.05, 0) is 31.5 Å². The first-order valence-corrected chi connectivity index (χ1v) is 6.59. The third kappa shape index (κ3) is 2.82. The molecule has 1 atom stereocenters. The summed E-state index contributed by atoms with van der Waals surface area (Å²) in [6, 6.07) is 9.43. The van der Waals surface area contributed by atoms with Crippen molar-refractivity contribution in [2.45, 2.75) is 18.7 Å². The zero-order valence-corrected chi connectivity index (χ0v) is 11.8. The molecule has 0 aliphatic carbocycles. The van der Waals surface area contributed by atoms with Crippen LogP contribution < -0.4 is 5.32 Å². The summed E-state index contributed by atoms with van der Waals surface area (Å²) in [7, 11) is 0. The number of hydrogen-bond acceptors (Lipinski definition) is 2. The minimum absolute atomic E-state index is 0.160. The second-order valence-corrected chi connectivity index (χ2v) is 5.48. The van der Waals surface area contributed by atoms with E-state index in [2.05, 4.69) is 21.2 Å². The molecule has 1 aromatic carbocycles.